The molecule has 0 unspecified atom stereocenters. The van der Waals surface area contributed by atoms with Crippen LogP contribution in [0.25, 0.3) is 10.9 Å². The summed E-state index contributed by atoms with van der Waals surface area (Å²) >= 11 is 1.91. The molecule has 0 atom stereocenters. The summed E-state index contributed by atoms with van der Waals surface area (Å²) in [7, 11) is 0. The van der Waals surface area contributed by atoms with Crippen LogP contribution in [0.3, 0.4) is 0 Å². The standard InChI is InChI=1S/C14H20N2S/c1-17-11-3-9-16-10-7-13-5-2-4-12(6-8-15)14(13)16/h2,4-5,7,10H,3,6,8-9,11,15H2,1H3. The van der Waals surface area contributed by atoms with Crippen molar-refractivity contribution in [2.45, 2.75) is 19.4 Å². The Bertz CT molecular complexity index is 476. The highest BCUT2D eigenvalue weighted by Gasteiger charge is 2.05. The highest BCUT2D eigenvalue weighted by Crippen LogP contribution is 2.21. The van der Waals surface area contributed by atoms with E-state index in [1.807, 2.05) is 11.8 Å². The number of hydrogen-bond donors (Lipinski definition) is 1. The zero-order valence-electron chi connectivity index (χ0n) is 10.4. The Hall–Kier alpha value is -0.930. The van der Waals surface area contributed by atoms with Crippen LogP contribution in [0.5, 0.6) is 0 Å². The first-order valence-corrected chi connectivity index (χ1v) is 7.52. The van der Waals surface area contributed by atoms with Crippen molar-refractivity contribution < 1.29 is 0 Å². The Balaban J connectivity index is 2.28. The maximum Gasteiger partial charge on any atom is 0.0513 e. The second-order valence-electron chi connectivity index (χ2n) is 4.25. The summed E-state index contributed by atoms with van der Waals surface area (Å²) in [5.41, 5.74) is 8.43. The molecule has 0 radical (unpaired) electrons. The summed E-state index contributed by atoms with van der Waals surface area (Å²) in [5.74, 6) is 1.22. The largest absolute Gasteiger partial charge is 0.347 e. The van der Waals surface area contributed by atoms with Gasteiger partial charge in [-0.25, -0.2) is 0 Å². The molecule has 0 saturated heterocycles. The van der Waals surface area contributed by atoms with Crippen LogP contribution in [0.4, 0.5) is 0 Å². The monoisotopic (exact) mass is 248 g/mol. The van der Waals surface area contributed by atoms with E-state index in [4.69, 9.17) is 5.73 Å². The van der Waals surface area contributed by atoms with Crippen LogP contribution in [0.15, 0.2) is 30.5 Å². The molecule has 1 aromatic carbocycles. The molecular formula is C14H20N2S. The predicted octanol–water partition coefficient (Wildman–Crippen LogP) is 2.90. The Morgan fingerprint density at radius 2 is 2.18 bits per heavy atom. The Kier molecular flexibility index (Phi) is 4.51. The average molecular weight is 248 g/mol. The van der Waals surface area contributed by atoms with Gasteiger partial charge in [0.25, 0.3) is 0 Å². The van der Waals surface area contributed by atoms with E-state index < -0.39 is 0 Å². The highest BCUT2D eigenvalue weighted by molar-refractivity contribution is 7.98. The van der Waals surface area contributed by atoms with Gasteiger partial charge in [0.1, 0.15) is 0 Å². The van der Waals surface area contributed by atoms with Crippen LogP contribution < -0.4 is 5.73 Å². The lowest BCUT2D eigenvalue weighted by Crippen LogP contribution is -2.05. The molecular weight excluding hydrogens is 228 g/mol. The number of nitrogens with zero attached hydrogens (tertiary/aromatic N) is 1. The number of rotatable bonds is 6. The van der Waals surface area contributed by atoms with Crippen molar-refractivity contribution in [3.8, 4) is 0 Å². The number of aromatic nitrogens is 1. The molecule has 0 aliphatic heterocycles. The second-order valence-corrected chi connectivity index (χ2v) is 5.23. The van der Waals surface area contributed by atoms with E-state index in [9.17, 15) is 0 Å². The van der Waals surface area contributed by atoms with Crippen LogP contribution in [0, 0.1) is 0 Å². The zero-order chi connectivity index (χ0) is 12.1. The van der Waals surface area contributed by atoms with Crippen molar-refractivity contribution in [2.24, 2.45) is 5.73 Å². The number of para-hydroxylation sites is 1. The summed E-state index contributed by atoms with van der Waals surface area (Å²) in [6.07, 6.45) is 6.55. The van der Waals surface area contributed by atoms with Gasteiger partial charge in [-0.05, 0) is 48.4 Å². The third-order valence-electron chi connectivity index (χ3n) is 3.03. The lowest BCUT2D eigenvalue weighted by Gasteiger charge is -2.09. The molecule has 2 rings (SSSR count). The van der Waals surface area contributed by atoms with Gasteiger partial charge in [-0.2, -0.15) is 11.8 Å². The van der Waals surface area contributed by atoms with E-state index in [-0.39, 0.29) is 0 Å². The minimum absolute atomic E-state index is 0.717. The van der Waals surface area contributed by atoms with E-state index in [2.05, 4.69) is 41.3 Å². The van der Waals surface area contributed by atoms with Gasteiger partial charge in [0.2, 0.25) is 0 Å². The molecule has 0 amide bonds. The number of benzene rings is 1. The van der Waals surface area contributed by atoms with Crippen LogP contribution in [-0.2, 0) is 13.0 Å². The maximum absolute atomic E-state index is 5.68. The van der Waals surface area contributed by atoms with E-state index in [0.29, 0.717) is 0 Å². The van der Waals surface area contributed by atoms with Gasteiger partial charge in [-0.15, -0.1) is 0 Å². The van der Waals surface area contributed by atoms with Gasteiger partial charge >= 0.3 is 0 Å². The summed E-state index contributed by atoms with van der Waals surface area (Å²) in [6, 6.07) is 8.70. The number of thioether (sulfide) groups is 1. The molecule has 0 aliphatic rings. The summed E-state index contributed by atoms with van der Waals surface area (Å²) in [6.45, 7) is 1.82. The normalized spacial score (nSPS) is 11.2. The molecule has 0 bridgehead atoms. The van der Waals surface area contributed by atoms with Gasteiger partial charge in [0, 0.05) is 12.7 Å². The molecule has 2 N–H and O–H groups in total. The maximum atomic E-state index is 5.68. The summed E-state index contributed by atoms with van der Waals surface area (Å²) < 4.78 is 2.37. The van der Waals surface area contributed by atoms with Gasteiger partial charge in [0.15, 0.2) is 0 Å². The first-order chi connectivity index (χ1) is 8.36. The Labute approximate surface area is 107 Å². The fourth-order valence-corrected chi connectivity index (χ4v) is 2.68. The minimum Gasteiger partial charge on any atom is -0.347 e. The van der Waals surface area contributed by atoms with Crippen molar-refractivity contribution in [2.75, 3.05) is 18.6 Å². The molecule has 17 heavy (non-hydrogen) atoms. The minimum atomic E-state index is 0.717. The summed E-state index contributed by atoms with van der Waals surface area (Å²) in [5, 5.41) is 1.33. The Morgan fingerprint density at radius 1 is 1.29 bits per heavy atom. The van der Waals surface area contributed by atoms with Crippen LogP contribution in [-0.4, -0.2) is 23.1 Å². The van der Waals surface area contributed by atoms with Crippen molar-refractivity contribution >= 4 is 22.7 Å². The molecule has 0 spiro atoms. The van der Waals surface area contributed by atoms with Gasteiger partial charge in [-0.3, -0.25) is 0 Å². The van der Waals surface area contributed by atoms with Crippen LogP contribution in [0.1, 0.15) is 12.0 Å². The van der Waals surface area contributed by atoms with Gasteiger partial charge < -0.3 is 10.3 Å². The van der Waals surface area contributed by atoms with Crippen molar-refractivity contribution in [3.63, 3.8) is 0 Å². The SMILES string of the molecule is CSCCCn1ccc2cccc(CCN)c21. The van der Waals surface area contributed by atoms with E-state index in [1.54, 1.807) is 0 Å². The second kappa shape index (κ2) is 6.12. The first kappa shape index (κ1) is 12.5. The molecule has 92 valence electrons. The lowest BCUT2D eigenvalue weighted by molar-refractivity contribution is 0.706. The molecule has 0 saturated carbocycles. The third-order valence-corrected chi connectivity index (χ3v) is 3.73. The van der Waals surface area contributed by atoms with Crippen LogP contribution >= 0.6 is 11.8 Å². The number of fused-ring (bicyclic) bond motifs is 1. The molecule has 2 nitrogen and oxygen atoms in total. The topological polar surface area (TPSA) is 30.9 Å². The molecule has 0 fully saturated rings. The van der Waals surface area contributed by atoms with E-state index in [1.165, 1.54) is 28.6 Å². The van der Waals surface area contributed by atoms with E-state index in [0.717, 1.165) is 19.5 Å². The van der Waals surface area contributed by atoms with Crippen molar-refractivity contribution in [3.05, 3.63) is 36.0 Å². The number of aryl methyl sites for hydroxylation is 1. The van der Waals surface area contributed by atoms with Gasteiger partial charge in [-0.1, -0.05) is 18.2 Å². The highest BCUT2D eigenvalue weighted by atomic mass is 32.2. The average Bonchev–Trinajstić information content (AvgIpc) is 2.75. The van der Waals surface area contributed by atoms with Crippen molar-refractivity contribution in [1.82, 2.24) is 4.57 Å². The molecule has 1 heterocycles. The lowest BCUT2D eigenvalue weighted by atomic mass is 10.1. The van der Waals surface area contributed by atoms with Crippen LogP contribution in [0.2, 0.25) is 0 Å². The first-order valence-electron chi connectivity index (χ1n) is 6.12. The predicted molar refractivity (Wildman–Crippen MR) is 77.7 cm³/mol. The molecule has 0 aliphatic carbocycles. The third kappa shape index (κ3) is 2.85. The number of hydrogen-bond acceptors (Lipinski definition) is 2. The van der Waals surface area contributed by atoms with E-state index >= 15 is 0 Å². The van der Waals surface area contributed by atoms with Gasteiger partial charge in [0.05, 0.1) is 5.52 Å². The number of nitrogens with two attached hydrogens (primary N) is 1. The summed E-state index contributed by atoms with van der Waals surface area (Å²) in [4.78, 5) is 0. The smallest absolute Gasteiger partial charge is 0.0513 e. The quantitative estimate of drug-likeness (QED) is 0.797. The molecule has 2 aromatic rings. The molecule has 3 heteroatoms. The fraction of sp³-hybridized carbons (Fsp3) is 0.429. The van der Waals surface area contributed by atoms with Crippen molar-refractivity contribution in [1.29, 1.82) is 0 Å². The zero-order valence-corrected chi connectivity index (χ0v) is 11.2. The fourth-order valence-electron chi connectivity index (χ4n) is 2.26. The Morgan fingerprint density at radius 3 is 2.94 bits per heavy atom. The molecule has 1 aromatic heterocycles.